The van der Waals surface area contributed by atoms with Gasteiger partial charge < -0.3 is 10.1 Å². The summed E-state index contributed by atoms with van der Waals surface area (Å²) in [4.78, 5) is 15.1. The van der Waals surface area contributed by atoms with Crippen LogP contribution in [0.5, 0.6) is 0 Å². The van der Waals surface area contributed by atoms with Crippen molar-refractivity contribution in [3.05, 3.63) is 131 Å². The third kappa shape index (κ3) is 4.22. The van der Waals surface area contributed by atoms with Gasteiger partial charge in [-0.3, -0.25) is 4.90 Å². The number of nitrogens with zero attached hydrogens (tertiary/aromatic N) is 1. The molecule has 1 saturated heterocycles. The van der Waals surface area contributed by atoms with Gasteiger partial charge in [-0.1, -0.05) is 109 Å². The van der Waals surface area contributed by atoms with Gasteiger partial charge in [0.05, 0.1) is 12.1 Å². The van der Waals surface area contributed by atoms with Crippen LogP contribution in [-0.2, 0) is 4.74 Å². The van der Waals surface area contributed by atoms with E-state index in [4.69, 9.17) is 4.74 Å². The predicted octanol–water partition coefficient (Wildman–Crippen LogP) is 6.00. The molecule has 174 valence electrons. The van der Waals surface area contributed by atoms with E-state index in [1.807, 2.05) is 12.1 Å². The quantitative estimate of drug-likeness (QED) is 0.384. The lowest BCUT2D eigenvalue weighted by Crippen LogP contribution is -2.60. The highest BCUT2D eigenvalue weighted by Gasteiger charge is 2.35. The van der Waals surface area contributed by atoms with Crippen LogP contribution < -0.4 is 5.32 Å². The molecule has 1 heterocycles. The van der Waals surface area contributed by atoms with Gasteiger partial charge >= 0.3 is 6.09 Å². The number of hydrogen-bond donors (Lipinski definition) is 1. The first-order valence-electron chi connectivity index (χ1n) is 12.2. The molecule has 4 aromatic carbocycles. The molecule has 0 unspecified atom stereocenters. The van der Waals surface area contributed by atoms with E-state index < -0.39 is 0 Å². The van der Waals surface area contributed by atoms with Crippen LogP contribution in [0.1, 0.15) is 34.2 Å². The third-order valence-electron chi connectivity index (χ3n) is 7.17. The fourth-order valence-electron chi connectivity index (χ4n) is 5.51. The first-order chi connectivity index (χ1) is 17.3. The molecule has 1 aliphatic carbocycles. The Balaban J connectivity index is 1.08. The maximum atomic E-state index is 12.7. The highest BCUT2D eigenvalue weighted by molar-refractivity contribution is 5.79. The molecule has 0 saturated carbocycles. The van der Waals surface area contributed by atoms with Crippen molar-refractivity contribution in [2.75, 3.05) is 19.7 Å². The second kappa shape index (κ2) is 9.40. The normalized spacial score (nSPS) is 15.3. The third-order valence-corrected chi connectivity index (χ3v) is 7.17. The zero-order valence-corrected chi connectivity index (χ0v) is 19.5. The van der Waals surface area contributed by atoms with Gasteiger partial charge in [0.1, 0.15) is 6.61 Å². The van der Waals surface area contributed by atoms with Gasteiger partial charge in [-0.15, -0.1) is 0 Å². The largest absolute Gasteiger partial charge is 0.449 e. The summed E-state index contributed by atoms with van der Waals surface area (Å²) in [5, 5.41) is 3.07. The summed E-state index contributed by atoms with van der Waals surface area (Å²) in [6.45, 7) is 1.92. The molecular weight excluding hydrogens is 432 g/mol. The molecule has 6 rings (SSSR count). The standard InChI is InChI=1S/C31H28N2O2/c34-31(35-21-29-27-17-9-7-15-25(27)26-16-8-10-18-28(26)29)32-24-19-33(20-24)30(22-11-3-1-4-12-22)23-13-5-2-6-14-23/h1-18,24,29-30H,19-21H2,(H,32,34). The van der Waals surface area contributed by atoms with Crippen LogP contribution in [0, 0.1) is 0 Å². The molecule has 0 spiro atoms. The zero-order chi connectivity index (χ0) is 23.6. The van der Waals surface area contributed by atoms with Gasteiger partial charge in [-0.25, -0.2) is 4.79 Å². The van der Waals surface area contributed by atoms with Crippen LogP contribution >= 0.6 is 0 Å². The number of nitrogens with one attached hydrogen (secondary N) is 1. The highest BCUT2D eigenvalue weighted by atomic mass is 16.5. The molecular formula is C31H28N2O2. The molecule has 4 aromatic rings. The molecule has 1 N–H and O–H groups in total. The summed E-state index contributed by atoms with van der Waals surface area (Å²) in [6, 6.07) is 38.2. The molecule has 35 heavy (non-hydrogen) atoms. The van der Waals surface area contributed by atoms with Crippen LogP contribution in [-0.4, -0.2) is 36.7 Å². The van der Waals surface area contributed by atoms with E-state index in [1.165, 1.54) is 33.4 Å². The second-order valence-electron chi connectivity index (χ2n) is 9.34. The van der Waals surface area contributed by atoms with Gasteiger partial charge in [-0.05, 0) is 33.4 Å². The van der Waals surface area contributed by atoms with E-state index in [0.717, 1.165) is 13.1 Å². The van der Waals surface area contributed by atoms with E-state index in [9.17, 15) is 4.79 Å². The van der Waals surface area contributed by atoms with E-state index >= 15 is 0 Å². The van der Waals surface area contributed by atoms with Crippen molar-refractivity contribution in [2.24, 2.45) is 0 Å². The van der Waals surface area contributed by atoms with E-state index in [-0.39, 0.29) is 24.1 Å². The van der Waals surface area contributed by atoms with E-state index in [1.54, 1.807) is 0 Å². The highest BCUT2D eigenvalue weighted by Crippen LogP contribution is 2.44. The maximum absolute atomic E-state index is 12.7. The summed E-state index contributed by atoms with van der Waals surface area (Å²) < 4.78 is 5.74. The molecule has 4 heteroatoms. The van der Waals surface area contributed by atoms with Crippen molar-refractivity contribution in [1.82, 2.24) is 10.2 Å². The van der Waals surface area contributed by atoms with E-state index in [0.29, 0.717) is 6.61 Å². The Hall–Kier alpha value is -3.89. The number of amides is 1. The Morgan fingerprint density at radius 3 is 1.77 bits per heavy atom. The lowest BCUT2D eigenvalue weighted by molar-refractivity contribution is 0.0798. The molecule has 1 amide bonds. The van der Waals surface area contributed by atoms with Crippen LogP contribution in [0.2, 0.25) is 0 Å². The van der Waals surface area contributed by atoms with Crippen LogP contribution in [0.25, 0.3) is 11.1 Å². The topological polar surface area (TPSA) is 41.6 Å². The smallest absolute Gasteiger partial charge is 0.407 e. The fourth-order valence-corrected chi connectivity index (χ4v) is 5.51. The summed E-state index contributed by atoms with van der Waals surface area (Å²) in [5.74, 6) is 0.0755. The Morgan fingerprint density at radius 2 is 1.23 bits per heavy atom. The van der Waals surface area contributed by atoms with Crippen molar-refractivity contribution in [3.8, 4) is 11.1 Å². The Kier molecular flexibility index (Phi) is 5.81. The molecule has 0 aromatic heterocycles. The minimum Gasteiger partial charge on any atom is -0.449 e. The van der Waals surface area contributed by atoms with Crippen molar-refractivity contribution in [3.63, 3.8) is 0 Å². The number of alkyl carbamates (subject to hydrolysis) is 1. The van der Waals surface area contributed by atoms with Crippen molar-refractivity contribution in [1.29, 1.82) is 0 Å². The Morgan fingerprint density at radius 1 is 0.743 bits per heavy atom. The lowest BCUT2D eigenvalue weighted by Gasteiger charge is -2.44. The number of ether oxygens (including phenoxy) is 1. The first-order valence-corrected chi connectivity index (χ1v) is 12.2. The van der Waals surface area contributed by atoms with Gasteiger partial charge in [0.15, 0.2) is 0 Å². The van der Waals surface area contributed by atoms with Gasteiger partial charge in [-0.2, -0.15) is 0 Å². The molecule has 1 aliphatic heterocycles. The molecule has 1 fully saturated rings. The average molecular weight is 461 g/mol. The zero-order valence-electron chi connectivity index (χ0n) is 19.5. The van der Waals surface area contributed by atoms with Crippen LogP contribution in [0.4, 0.5) is 4.79 Å². The average Bonchev–Trinajstić information content (AvgIpc) is 3.21. The molecule has 4 nitrogen and oxygen atoms in total. The molecule has 2 aliphatic rings. The van der Waals surface area contributed by atoms with Gasteiger partial charge in [0.2, 0.25) is 0 Å². The van der Waals surface area contributed by atoms with Gasteiger partial charge in [0, 0.05) is 19.0 Å². The fraction of sp³-hybridized carbons (Fsp3) is 0.194. The minimum absolute atomic E-state index is 0.0755. The van der Waals surface area contributed by atoms with Crippen molar-refractivity contribution < 1.29 is 9.53 Å². The van der Waals surface area contributed by atoms with Gasteiger partial charge in [0.25, 0.3) is 0 Å². The van der Waals surface area contributed by atoms with E-state index in [2.05, 4.69) is 107 Å². The lowest BCUT2D eigenvalue weighted by atomic mass is 9.93. The Labute approximate surface area is 206 Å². The van der Waals surface area contributed by atoms with Crippen LogP contribution in [0.15, 0.2) is 109 Å². The van der Waals surface area contributed by atoms with Crippen molar-refractivity contribution >= 4 is 6.09 Å². The number of benzene rings is 4. The van der Waals surface area contributed by atoms with Crippen LogP contribution in [0.3, 0.4) is 0 Å². The SMILES string of the molecule is O=C(NC1CN(C(c2ccccc2)c2ccccc2)C1)OCC1c2ccccc2-c2ccccc21. The first kappa shape index (κ1) is 21.6. The molecule has 0 radical (unpaired) electrons. The number of hydrogen-bond acceptors (Lipinski definition) is 3. The second-order valence-corrected chi connectivity index (χ2v) is 9.34. The summed E-state index contributed by atoms with van der Waals surface area (Å²) >= 11 is 0. The maximum Gasteiger partial charge on any atom is 0.407 e. The minimum atomic E-state index is -0.340. The summed E-state index contributed by atoms with van der Waals surface area (Å²) in [6.07, 6.45) is -0.340. The monoisotopic (exact) mass is 460 g/mol. The predicted molar refractivity (Wildman–Crippen MR) is 138 cm³/mol. The molecule has 0 bridgehead atoms. The number of rotatable bonds is 6. The van der Waals surface area contributed by atoms with Crippen molar-refractivity contribution in [2.45, 2.75) is 18.0 Å². The number of carbonyl (C=O) groups excluding carboxylic acids is 1. The summed E-state index contributed by atoms with van der Waals surface area (Å²) in [7, 11) is 0. The summed E-state index contributed by atoms with van der Waals surface area (Å²) in [5.41, 5.74) is 7.45. The number of fused-ring (bicyclic) bond motifs is 3. The molecule has 0 atom stereocenters. The number of carbonyl (C=O) groups is 1. The number of likely N-dealkylation sites (tertiary alicyclic amines) is 1. The Bertz CT molecular complexity index is 1230.